The second kappa shape index (κ2) is 4.89. The first-order valence-corrected chi connectivity index (χ1v) is 2.95. The summed E-state index contributed by atoms with van der Waals surface area (Å²) in [5.41, 5.74) is 6.64. The number of nitrogens with two attached hydrogens (primary N) is 1. The smallest absolute Gasteiger partial charge is 0 e. The number of hydrogen-bond donors (Lipinski definition) is 1. The zero-order valence-corrected chi connectivity index (χ0v) is 8.88. The summed E-state index contributed by atoms with van der Waals surface area (Å²) >= 11 is 0. The average Bonchev–Trinajstić information content (AvgIpc) is 1.90. The molecule has 0 saturated heterocycles. The molecule has 0 bridgehead atoms. The molecule has 0 unspecified atom stereocenters. The molecular weight excluding hydrogens is 199 g/mol. The van der Waals surface area contributed by atoms with Crippen molar-refractivity contribution in [1.82, 2.24) is 0 Å². The second-order valence-corrected chi connectivity index (χ2v) is 2.05. The van der Waals surface area contributed by atoms with E-state index in [1.807, 2.05) is 37.3 Å². The van der Waals surface area contributed by atoms with Crippen LogP contribution in [-0.2, 0) is 32.7 Å². The van der Waals surface area contributed by atoms with Gasteiger partial charge in [-0.1, -0.05) is 13.0 Å². The SMILES string of the molecule is C[C-](N)c1ccccc1.[Y]. The predicted molar refractivity (Wildman–Crippen MR) is 38.6 cm³/mol. The monoisotopic (exact) mass is 209 g/mol. The minimum absolute atomic E-state index is 0. The summed E-state index contributed by atoms with van der Waals surface area (Å²) in [6, 6.07) is 10.8. The maximum absolute atomic E-state index is 5.53. The first kappa shape index (κ1) is 10.2. The van der Waals surface area contributed by atoms with E-state index < -0.39 is 0 Å². The first-order valence-electron chi connectivity index (χ1n) is 2.95. The molecule has 1 rings (SSSR count). The Bertz CT molecular complexity index is 172. The van der Waals surface area contributed by atoms with Gasteiger partial charge in [-0.25, -0.2) is 0 Å². The molecule has 1 radical (unpaired) electrons. The minimum Gasteiger partial charge on any atom is -0.358 e. The van der Waals surface area contributed by atoms with Gasteiger partial charge in [0.2, 0.25) is 0 Å². The molecule has 1 aromatic carbocycles. The van der Waals surface area contributed by atoms with Crippen molar-refractivity contribution < 1.29 is 32.7 Å². The fourth-order valence-corrected chi connectivity index (χ4v) is 0.701. The molecule has 1 aromatic rings. The molecule has 2 heteroatoms. The molecule has 51 valence electrons. The topological polar surface area (TPSA) is 26.0 Å². The van der Waals surface area contributed by atoms with Crippen LogP contribution in [0.5, 0.6) is 0 Å². The molecule has 0 aromatic heterocycles. The third-order valence-corrected chi connectivity index (χ3v) is 1.23. The van der Waals surface area contributed by atoms with Gasteiger partial charge < -0.3 is 5.73 Å². The van der Waals surface area contributed by atoms with E-state index in [1.54, 1.807) is 0 Å². The van der Waals surface area contributed by atoms with Crippen LogP contribution in [0.3, 0.4) is 0 Å². The summed E-state index contributed by atoms with van der Waals surface area (Å²) in [6.45, 7) is 1.90. The normalized spacial score (nSPS) is 8.20. The van der Waals surface area contributed by atoms with Crippen molar-refractivity contribution >= 4 is 0 Å². The van der Waals surface area contributed by atoms with Crippen LogP contribution in [0.15, 0.2) is 30.3 Å². The molecule has 0 spiro atoms. The second-order valence-electron chi connectivity index (χ2n) is 2.05. The maximum atomic E-state index is 5.53. The van der Waals surface area contributed by atoms with E-state index in [0.717, 1.165) is 11.6 Å². The average molecular weight is 209 g/mol. The standard InChI is InChI=1S/C8H10N.Y/c1-7(9)8-5-3-2-4-6-8;/h2-6H,9H2,1H3;/q-1;. The van der Waals surface area contributed by atoms with E-state index >= 15 is 0 Å². The summed E-state index contributed by atoms with van der Waals surface area (Å²) < 4.78 is 0. The Kier molecular flexibility index (Phi) is 4.97. The number of hydrogen-bond acceptors (Lipinski definition) is 1. The van der Waals surface area contributed by atoms with Gasteiger partial charge in [0.15, 0.2) is 0 Å². The Morgan fingerprint density at radius 3 is 2.00 bits per heavy atom. The molecule has 1 nitrogen and oxygen atoms in total. The van der Waals surface area contributed by atoms with Crippen molar-refractivity contribution in [1.29, 1.82) is 0 Å². The Hall–Kier alpha value is 0.154. The van der Waals surface area contributed by atoms with Crippen molar-refractivity contribution in [3.63, 3.8) is 0 Å². The predicted octanol–water partition coefficient (Wildman–Crippen LogP) is 1.54. The van der Waals surface area contributed by atoms with E-state index in [9.17, 15) is 0 Å². The third kappa shape index (κ3) is 2.83. The molecular formula is C8H10NY-. The van der Waals surface area contributed by atoms with Gasteiger partial charge in [-0.15, -0.1) is 18.2 Å². The van der Waals surface area contributed by atoms with Crippen LogP contribution >= 0.6 is 0 Å². The van der Waals surface area contributed by atoms with Crippen LogP contribution < -0.4 is 5.73 Å². The number of benzene rings is 1. The minimum atomic E-state index is 0. The summed E-state index contributed by atoms with van der Waals surface area (Å²) in [4.78, 5) is 0. The Balaban J connectivity index is 0.000000810. The molecule has 0 saturated carbocycles. The Morgan fingerprint density at radius 1 is 1.20 bits per heavy atom. The van der Waals surface area contributed by atoms with Gasteiger partial charge >= 0.3 is 0 Å². The van der Waals surface area contributed by atoms with E-state index in [-0.39, 0.29) is 32.7 Å². The molecule has 0 atom stereocenters. The van der Waals surface area contributed by atoms with Crippen LogP contribution in [0.1, 0.15) is 12.5 Å². The van der Waals surface area contributed by atoms with Gasteiger partial charge in [0, 0.05) is 32.7 Å². The molecule has 0 heterocycles. The van der Waals surface area contributed by atoms with Gasteiger partial charge in [0.1, 0.15) is 0 Å². The summed E-state index contributed by atoms with van der Waals surface area (Å²) in [7, 11) is 0. The quantitative estimate of drug-likeness (QED) is 0.697. The first-order chi connectivity index (χ1) is 4.30. The Morgan fingerprint density at radius 2 is 1.70 bits per heavy atom. The van der Waals surface area contributed by atoms with Crippen LogP contribution in [0.4, 0.5) is 0 Å². The van der Waals surface area contributed by atoms with Crippen LogP contribution in [0.25, 0.3) is 0 Å². The largest absolute Gasteiger partial charge is 0.358 e. The molecule has 0 aliphatic carbocycles. The van der Waals surface area contributed by atoms with E-state index in [0.29, 0.717) is 0 Å². The molecule has 0 fully saturated rings. The summed E-state index contributed by atoms with van der Waals surface area (Å²) in [6.07, 6.45) is 0. The fraction of sp³-hybridized carbons (Fsp3) is 0.125. The van der Waals surface area contributed by atoms with E-state index in [1.165, 1.54) is 0 Å². The van der Waals surface area contributed by atoms with E-state index in [4.69, 9.17) is 5.73 Å². The zero-order chi connectivity index (χ0) is 6.69. The summed E-state index contributed by atoms with van der Waals surface area (Å²) in [5, 5.41) is 0. The van der Waals surface area contributed by atoms with Crippen LogP contribution in [0, 0.1) is 6.04 Å². The molecule has 10 heavy (non-hydrogen) atoms. The maximum Gasteiger partial charge on any atom is 0 e. The van der Waals surface area contributed by atoms with Gasteiger partial charge in [-0.05, 0) is 0 Å². The van der Waals surface area contributed by atoms with Crippen molar-refractivity contribution in [2.24, 2.45) is 5.73 Å². The van der Waals surface area contributed by atoms with Gasteiger partial charge in [-0.3, -0.25) is 0 Å². The van der Waals surface area contributed by atoms with Gasteiger partial charge in [0.05, 0.1) is 0 Å². The molecule has 0 aliphatic rings. The molecule has 2 N–H and O–H groups in total. The molecule has 0 aliphatic heterocycles. The van der Waals surface area contributed by atoms with Gasteiger partial charge in [0.25, 0.3) is 0 Å². The van der Waals surface area contributed by atoms with Crippen molar-refractivity contribution in [3.8, 4) is 0 Å². The molecule has 0 amide bonds. The fourth-order valence-electron chi connectivity index (χ4n) is 0.701. The van der Waals surface area contributed by atoms with Crippen LogP contribution in [-0.4, -0.2) is 0 Å². The zero-order valence-electron chi connectivity index (χ0n) is 6.04. The van der Waals surface area contributed by atoms with Gasteiger partial charge in [-0.2, -0.15) is 17.7 Å². The Labute approximate surface area is 86.9 Å². The third-order valence-electron chi connectivity index (χ3n) is 1.23. The van der Waals surface area contributed by atoms with Crippen molar-refractivity contribution in [3.05, 3.63) is 41.9 Å². The van der Waals surface area contributed by atoms with Crippen molar-refractivity contribution in [2.45, 2.75) is 6.92 Å². The summed E-state index contributed by atoms with van der Waals surface area (Å²) in [5.74, 6) is 0. The number of rotatable bonds is 1. The van der Waals surface area contributed by atoms with Crippen molar-refractivity contribution in [2.75, 3.05) is 0 Å². The van der Waals surface area contributed by atoms with Crippen LogP contribution in [0.2, 0.25) is 0 Å². The van der Waals surface area contributed by atoms with E-state index in [2.05, 4.69) is 0 Å².